The van der Waals surface area contributed by atoms with Crippen LogP contribution >= 0.6 is 11.6 Å². The molecular formula is C9H10ClF. The van der Waals surface area contributed by atoms with Gasteiger partial charge in [0, 0.05) is 0 Å². The molecule has 0 bridgehead atoms. The van der Waals surface area contributed by atoms with Crippen molar-refractivity contribution in [1.82, 2.24) is 0 Å². The van der Waals surface area contributed by atoms with Crippen molar-refractivity contribution in [3.8, 4) is 0 Å². The van der Waals surface area contributed by atoms with E-state index in [9.17, 15) is 4.39 Å². The van der Waals surface area contributed by atoms with Gasteiger partial charge >= 0.3 is 0 Å². The molecule has 1 aromatic carbocycles. The smallest absolute Gasteiger partial charge is 0.123 e. The Morgan fingerprint density at radius 1 is 1.45 bits per heavy atom. The Morgan fingerprint density at radius 2 is 2.09 bits per heavy atom. The number of benzene rings is 1. The van der Waals surface area contributed by atoms with Crippen LogP contribution in [0.1, 0.15) is 23.4 Å². The van der Waals surface area contributed by atoms with Gasteiger partial charge in [-0.2, -0.15) is 0 Å². The third-order valence-corrected chi connectivity index (χ3v) is 1.90. The van der Waals surface area contributed by atoms with Crippen LogP contribution in [0.5, 0.6) is 0 Å². The van der Waals surface area contributed by atoms with Crippen LogP contribution in [0.15, 0.2) is 18.2 Å². The summed E-state index contributed by atoms with van der Waals surface area (Å²) in [5.41, 5.74) is 1.90. The van der Waals surface area contributed by atoms with Crippen molar-refractivity contribution in [2.45, 2.75) is 19.2 Å². The molecule has 1 unspecified atom stereocenters. The zero-order chi connectivity index (χ0) is 8.43. The predicted octanol–water partition coefficient (Wildman–Crippen LogP) is 3.43. The van der Waals surface area contributed by atoms with Gasteiger partial charge < -0.3 is 0 Å². The second-order valence-electron chi connectivity index (χ2n) is 2.62. The molecule has 0 amide bonds. The van der Waals surface area contributed by atoms with Gasteiger partial charge in [-0.15, -0.1) is 11.6 Å². The summed E-state index contributed by atoms with van der Waals surface area (Å²) in [5, 5.41) is -0.0457. The van der Waals surface area contributed by atoms with Crippen LogP contribution < -0.4 is 0 Å². The van der Waals surface area contributed by atoms with Crippen molar-refractivity contribution >= 4 is 11.6 Å². The van der Waals surface area contributed by atoms with Crippen LogP contribution in [0.4, 0.5) is 4.39 Å². The van der Waals surface area contributed by atoms with Gasteiger partial charge in [0.1, 0.15) is 5.82 Å². The number of hydrogen-bond donors (Lipinski definition) is 0. The maximum Gasteiger partial charge on any atom is 0.123 e. The first-order valence-corrected chi connectivity index (χ1v) is 3.95. The second-order valence-corrected chi connectivity index (χ2v) is 3.27. The Labute approximate surface area is 71.0 Å². The van der Waals surface area contributed by atoms with E-state index in [2.05, 4.69) is 0 Å². The molecule has 0 radical (unpaired) electrons. The van der Waals surface area contributed by atoms with Crippen molar-refractivity contribution in [2.24, 2.45) is 0 Å². The van der Waals surface area contributed by atoms with E-state index in [0.717, 1.165) is 11.1 Å². The molecule has 0 nitrogen and oxygen atoms in total. The Morgan fingerprint density at radius 3 is 2.55 bits per heavy atom. The number of hydrogen-bond acceptors (Lipinski definition) is 0. The Hall–Kier alpha value is -0.560. The van der Waals surface area contributed by atoms with Crippen LogP contribution in [0.2, 0.25) is 0 Å². The van der Waals surface area contributed by atoms with Gasteiger partial charge in [-0.05, 0) is 37.1 Å². The lowest BCUT2D eigenvalue weighted by Crippen LogP contribution is -1.89. The van der Waals surface area contributed by atoms with Crippen molar-refractivity contribution in [1.29, 1.82) is 0 Å². The quantitative estimate of drug-likeness (QED) is 0.570. The summed E-state index contributed by atoms with van der Waals surface area (Å²) in [4.78, 5) is 0. The minimum absolute atomic E-state index is 0.0457. The van der Waals surface area contributed by atoms with E-state index in [-0.39, 0.29) is 11.2 Å². The van der Waals surface area contributed by atoms with Gasteiger partial charge in [0.05, 0.1) is 5.38 Å². The molecule has 11 heavy (non-hydrogen) atoms. The van der Waals surface area contributed by atoms with Crippen molar-refractivity contribution in [2.75, 3.05) is 0 Å². The number of halogens is 2. The van der Waals surface area contributed by atoms with Crippen LogP contribution in [-0.4, -0.2) is 0 Å². The lowest BCUT2D eigenvalue weighted by molar-refractivity contribution is 0.625. The van der Waals surface area contributed by atoms with Crippen molar-refractivity contribution in [3.05, 3.63) is 35.1 Å². The minimum Gasteiger partial charge on any atom is -0.207 e. The second kappa shape index (κ2) is 3.22. The molecule has 1 rings (SSSR count). The molecule has 0 fully saturated rings. The molecule has 0 spiro atoms. The fourth-order valence-electron chi connectivity index (χ4n) is 1.09. The maximum absolute atomic E-state index is 12.6. The van der Waals surface area contributed by atoms with E-state index in [0.29, 0.717) is 0 Å². The lowest BCUT2D eigenvalue weighted by Gasteiger charge is -2.06. The first kappa shape index (κ1) is 8.54. The molecule has 1 aromatic rings. The first-order valence-electron chi connectivity index (χ1n) is 3.51. The van der Waals surface area contributed by atoms with E-state index in [1.165, 1.54) is 12.1 Å². The number of alkyl halides is 1. The van der Waals surface area contributed by atoms with Crippen LogP contribution in [0.3, 0.4) is 0 Å². The largest absolute Gasteiger partial charge is 0.207 e. The van der Waals surface area contributed by atoms with Gasteiger partial charge in [0.25, 0.3) is 0 Å². The third kappa shape index (κ3) is 1.93. The molecule has 0 heterocycles. The van der Waals surface area contributed by atoms with Gasteiger partial charge in [0.15, 0.2) is 0 Å². The maximum atomic E-state index is 12.6. The van der Waals surface area contributed by atoms with Gasteiger partial charge in [-0.3, -0.25) is 0 Å². The number of rotatable bonds is 1. The molecule has 0 N–H and O–H groups in total. The van der Waals surface area contributed by atoms with Crippen LogP contribution in [0.25, 0.3) is 0 Å². The average molecular weight is 173 g/mol. The SMILES string of the molecule is Cc1cc(F)ccc1C(C)Cl. The zero-order valence-electron chi connectivity index (χ0n) is 6.57. The molecule has 0 aliphatic heterocycles. The normalized spacial score (nSPS) is 13.1. The Bertz CT molecular complexity index is 256. The highest BCUT2D eigenvalue weighted by Crippen LogP contribution is 2.23. The summed E-state index contributed by atoms with van der Waals surface area (Å²) in [6.07, 6.45) is 0. The van der Waals surface area contributed by atoms with Crippen LogP contribution in [-0.2, 0) is 0 Å². The molecular weight excluding hydrogens is 163 g/mol. The van der Waals surface area contributed by atoms with E-state index in [4.69, 9.17) is 11.6 Å². The highest BCUT2D eigenvalue weighted by molar-refractivity contribution is 6.20. The van der Waals surface area contributed by atoms with E-state index in [1.807, 2.05) is 13.8 Å². The van der Waals surface area contributed by atoms with Crippen molar-refractivity contribution in [3.63, 3.8) is 0 Å². The molecule has 0 aliphatic rings. The Kier molecular flexibility index (Phi) is 2.50. The summed E-state index contributed by atoms with van der Waals surface area (Å²) < 4.78 is 12.6. The molecule has 0 aliphatic carbocycles. The topological polar surface area (TPSA) is 0 Å². The third-order valence-electron chi connectivity index (χ3n) is 1.66. The highest BCUT2D eigenvalue weighted by Gasteiger charge is 2.04. The molecule has 0 saturated carbocycles. The van der Waals surface area contributed by atoms with Crippen LogP contribution in [0, 0.1) is 12.7 Å². The average Bonchev–Trinajstić information content (AvgIpc) is 1.85. The fraction of sp³-hybridized carbons (Fsp3) is 0.333. The van der Waals surface area contributed by atoms with Gasteiger partial charge in [0.2, 0.25) is 0 Å². The summed E-state index contributed by atoms with van der Waals surface area (Å²) in [7, 11) is 0. The first-order chi connectivity index (χ1) is 5.11. The molecule has 2 heteroatoms. The zero-order valence-corrected chi connectivity index (χ0v) is 7.32. The predicted molar refractivity (Wildman–Crippen MR) is 45.4 cm³/mol. The minimum atomic E-state index is -0.205. The summed E-state index contributed by atoms with van der Waals surface area (Å²) in [5.74, 6) is -0.205. The molecule has 0 saturated heterocycles. The highest BCUT2D eigenvalue weighted by atomic mass is 35.5. The molecule has 0 aromatic heterocycles. The van der Waals surface area contributed by atoms with E-state index >= 15 is 0 Å². The molecule has 1 atom stereocenters. The van der Waals surface area contributed by atoms with E-state index < -0.39 is 0 Å². The van der Waals surface area contributed by atoms with E-state index in [1.54, 1.807) is 6.07 Å². The summed E-state index contributed by atoms with van der Waals surface area (Å²) >= 11 is 5.84. The summed E-state index contributed by atoms with van der Waals surface area (Å²) in [6.45, 7) is 3.74. The summed E-state index contributed by atoms with van der Waals surface area (Å²) in [6, 6.07) is 4.65. The molecule has 60 valence electrons. The standard InChI is InChI=1S/C9H10ClF/c1-6-5-8(11)3-4-9(6)7(2)10/h3-5,7H,1-2H3. The Balaban J connectivity index is 3.09. The fourth-order valence-corrected chi connectivity index (χ4v) is 1.33. The van der Waals surface area contributed by atoms with Gasteiger partial charge in [-0.25, -0.2) is 4.39 Å². The monoisotopic (exact) mass is 172 g/mol. The number of aryl methyl sites for hydroxylation is 1. The lowest BCUT2D eigenvalue weighted by atomic mass is 10.1. The van der Waals surface area contributed by atoms with Gasteiger partial charge in [-0.1, -0.05) is 6.07 Å². The van der Waals surface area contributed by atoms with Crippen molar-refractivity contribution < 1.29 is 4.39 Å².